The maximum Gasteiger partial charge on any atom is 0.326 e. The lowest BCUT2D eigenvalue weighted by Gasteiger charge is -2.27. The summed E-state index contributed by atoms with van der Waals surface area (Å²) < 4.78 is 0. The standard InChI is InChI=1S/C16H18N2O2/c1-10-5-6-11(8-17)14(7-10)18-9-12-3-2-4-13(12)15(18)16(19)20/h5-7,12-13,15H,2-4,9H2,1H3,(H,19,20). The van der Waals surface area contributed by atoms with Gasteiger partial charge in [-0.1, -0.05) is 12.5 Å². The summed E-state index contributed by atoms with van der Waals surface area (Å²) in [6, 6.07) is 7.34. The van der Waals surface area contributed by atoms with Crippen LogP contribution in [-0.2, 0) is 4.79 Å². The number of carbonyl (C=O) groups is 1. The molecule has 0 bridgehead atoms. The number of hydrogen-bond donors (Lipinski definition) is 1. The Hall–Kier alpha value is -2.02. The Morgan fingerprint density at radius 1 is 1.45 bits per heavy atom. The zero-order valence-electron chi connectivity index (χ0n) is 11.5. The van der Waals surface area contributed by atoms with E-state index in [1.54, 1.807) is 6.07 Å². The number of aryl methyl sites for hydroxylation is 1. The van der Waals surface area contributed by atoms with Gasteiger partial charge in [0, 0.05) is 6.54 Å². The quantitative estimate of drug-likeness (QED) is 0.897. The number of nitriles is 1. The molecule has 1 aliphatic carbocycles. The monoisotopic (exact) mass is 270 g/mol. The first-order valence-electron chi connectivity index (χ1n) is 7.12. The molecule has 1 aromatic rings. The Labute approximate surface area is 118 Å². The minimum atomic E-state index is -0.759. The van der Waals surface area contributed by atoms with Gasteiger partial charge in [-0.05, 0) is 49.3 Å². The molecule has 1 saturated carbocycles. The van der Waals surface area contributed by atoms with Crippen LogP contribution in [0.25, 0.3) is 0 Å². The number of aliphatic carboxylic acids is 1. The van der Waals surface area contributed by atoms with E-state index in [-0.39, 0.29) is 5.92 Å². The molecule has 3 rings (SSSR count). The van der Waals surface area contributed by atoms with E-state index in [0.717, 1.165) is 37.1 Å². The Kier molecular flexibility index (Phi) is 3.13. The van der Waals surface area contributed by atoms with E-state index in [1.807, 2.05) is 24.0 Å². The number of fused-ring (bicyclic) bond motifs is 1. The molecule has 1 saturated heterocycles. The summed E-state index contributed by atoms with van der Waals surface area (Å²) in [6.07, 6.45) is 3.23. The molecule has 2 aliphatic rings. The second-order valence-electron chi connectivity index (χ2n) is 5.92. The van der Waals surface area contributed by atoms with Gasteiger partial charge in [0.25, 0.3) is 0 Å². The largest absolute Gasteiger partial charge is 0.480 e. The van der Waals surface area contributed by atoms with Gasteiger partial charge in [-0.15, -0.1) is 0 Å². The Bertz CT molecular complexity index is 591. The molecule has 1 heterocycles. The van der Waals surface area contributed by atoms with Crippen molar-refractivity contribution in [3.05, 3.63) is 29.3 Å². The zero-order valence-corrected chi connectivity index (χ0v) is 11.5. The normalized spacial score (nSPS) is 28.2. The summed E-state index contributed by atoms with van der Waals surface area (Å²) in [7, 11) is 0. The first-order valence-corrected chi connectivity index (χ1v) is 7.12. The van der Waals surface area contributed by atoms with E-state index in [2.05, 4.69) is 6.07 Å². The molecule has 20 heavy (non-hydrogen) atoms. The molecule has 0 aromatic heterocycles. The summed E-state index contributed by atoms with van der Waals surface area (Å²) >= 11 is 0. The molecular formula is C16H18N2O2. The van der Waals surface area contributed by atoms with Crippen LogP contribution in [0.3, 0.4) is 0 Å². The zero-order chi connectivity index (χ0) is 14.3. The molecule has 3 unspecified atom stereocenters. The number of hydrogen-bond acceptors (Lipinski definition) is 3. The molecule has 0 amide bonds. The van der Waals surface area contributed by atoms with Gasteiger partial charge in [0.2, 0.25) is 0 Å². The van der Waals surface area contributed by atoms with Crippen molar-refractivity contribution in [2.24, 2.45) is 11.8 Å². The van der Waals surface area contributed by atoms with Gasteiger partial charge in [0.05, 0.1) is 11.3 Å². The molecule has 1 N–H and O–H groups in total. The van der Waals surface area contributed by atoms with E-state index < -0.39 is 12.0 Å². The fourth-order valence-corrected chi connectivity index (χ4v) is 3.84. The molecule has 0 spiro atoms. The van der Waals surface area contributed by atoms with E-state index in [4.69, 9.17) is 0 Å². The molecule has 4 nitrogen and oxygen atoms in total. The molecule has 4 heteroatoms. The molecule has 1 aromatic carbocycles. The van der Waals surface area contributed by atoms with Crippen LogP contribution in [0.4, 0.5) is 5.69 Å². The fourth-order valence-electron chi connectivity index (χ4n) is 3.84. The molecular weight excluding hydrogens is 252 g/mol. The van der Waals surface area contributed by atoms with Crippen LogP contribution in [-0.4, -0.2) is 23.7 Å². The SMILES string of the molecule is Cc1ccc(C#N)c(N2CC3CCCC3C2C(=O)O)c1. The molecule has 2 fully saturated rings. The minimum absolute atomic E-state index is 0.236. The number of carboxylic acid groups (broad SMARTS) is 1. The van der Waals surface area contributed by atoms with Crippen molar-refractivity contribution >= 4 is 11.7 Å². The van der Waals surface area contributed by atoms with Crippen LogP contribution in [0.15, 0.2) is 18.2 Å². The van der Waals surface area contributed by atoms with Gasteiger partial charge in [-0.25, -0.2) is 4.79 Å². The fraction of sp³-hybridized carbons (Fsp3) is 0.500. The maximum absolute atomic E-state index is 11.7. The van der Waals surface area contributed by atoms with Crippen LogP contribution in [0.1, 0.15) is 30.4 Å². The summed E-state index contributed by atoms with van der Waals surface area (Å²) in [5.74, 6) is -0.0625. The highest BCUT2D eigenvalue weighted by molar-refractivity contribution is 5.81. The Balaban J connectivity index is 2.03. The van der Waals surface area contributed by atoms with Crippen molar-refractivity contribution in [2.45, 2.75) is 32.2 Å². The van der Waals surface area contributed by atoms with Crippen LogP contribution in [0.5, 0.6) is 0 Å². The number of nitrogens with zero attached hydrogens (tertiary/aromatic N) is 2. The van der Waals surface area contributed by atoms with E-state index in [9.17, 15) is 15.2 Å². The molecule has 0 radical (unpaired) electrons. The maximum atomic E-state index is 11.7. The van der Waals surface area contributed by atoms with Gasteiger partial charge in [0.1, 0.15) is 12.1 Å². The van der Waals surface area contributed by atoms with E-state index >= 15 is 0 Å². The highest BCUT2D eigenvalue weighted by Crippen LogP contribution is 2.44. The minimum Gasteiger partial charge on any atom is -0.480 e. The van der Waals surface area contributed by atoms with Gasteiger partial charge in [-0.3, -0.25) is 0 Å². The number of anilines is 1. The van der Waals surface area contributed by atoms with Crippen molar-refractivity contribution in [3.63, 3.8) is 0 Å². The average molecular weight is 270 g/mol. The third-order valence-corrected chi connectivity index (χ3v) is 4.73. The first kappa shape index (κ1) is 13.0. The number of carboxylic acids is 1. The second kappa shape index (κ2) is 4.82. The highest BCUT2D eigenvalue weighted by atomic mass is 16.4. The predicted octanol–water partition coefficient (Wildman–Crippen LogP) is 2.56. The Morgan fingerprint density at radius 3 is 2.95 bits per heavy atom. The third-order valence-electron chi connectivity index (χ3n) is 4.73. The van der Waals surface area contributed by atoms with E-state index in [0.29, 0.717) is 11.5 Å². The first-order chi connectivity index (χ1) is 9.61. The summed E-state index contributed by atoms with van der Waals surface area (Å²) in [5, 5.41) is 18.9. The van der Waals surface area contributed by atoms with Crippen molar-refractivity contribution in [1.82, 2.24) is 0 Å². The number of benzene rings is 1. The molecule has 3 atom stereocenters. The van der Waals surface area contributed by atoms with Gasteiger partial charge in [0.15, 0.2) is 0 Å². The van der Waals surface area contributed by atoms with Crippen LogP contribution in [0, 0.1) is 30.1 Å². The van der Waals surface area contributed by atoms with Gasteiger partial charge in [-0.2, -0.15) is 5.26 Å². The second-order valence-corrected chi connectivity index (χ2v) is 5.92. The highest BCUT2D eigenvalue weighted by Gasteiger charge is 2.48. The summed E-state index contributed by atoms with van der Waals surface area (Å²) in [5.41, 5.74) is 2.41. The lowest BCUT2D eigenvalue weighted by atomic mass is 9.94. The van der Waals surface area contributed by atoms with Crippen molar-refractivity contribution in [3.8, 4) is 6.07 Å². The average Bonchev–Trinajstić information content (AvgIpc) is 2.97. The molecule has 1 aliphatic heterocycles. The summed E-state index contributed by atoms with van der Waals surface area (Å²) in [4.78, 5) is 13.6. The number of rotatable bonds is 2. The van der Waals surface area contributed by atoms with Crippen molar-refractivity contribution in [2.75, 3.05) is 11.4 Å². The summed E-state index contributed by atoms with van der Waals surface area (Å²) in [6.45, 7) is 2.73. The van der Waals surface area contributed by atoms with Crippen molar-refractivity contribution < 1.29 is 9.90 Å². The van der Waals surface area contributed by atoms with Crippen LogP contribution in [0.2, 0.25) is 0 Å². The lowest BCUT2D eigenvalue weighted by Crippen LogP contribution is -2.40. The Morgan fingerprint density at radius 2 is 2.25 bits per heavy atom. The van der Waals surface area contributed by atoms with Gasteiger partial charge < -0.3 is 10.0 Å². The molecule has 104 valence electrons. The lowest BCUT2D eigenvalue weighted by molar-refractivity contribution is -0.139. The van der Waals surface area contributed by atoms with Crippen LogP contribution < -0.4 is 4.90 Å². The third kappa shape index (κ3) is 1.94. The predicted molar refractivity (Wildman–Crippen MR) is 75.5 cm³/mol. The van der Waals surface area contributed by atoms with E-state index in [1.165, 1.54) is 0 Å². The van der Waals surface area contributed by atoms with Crippen molar-refractivity contribution in [1.29, 1.82) is 5.26 Å². The smallest absolute Gasteiger partial charge is 0.326 e. The topological polar surface area (TPSA) is 64.3 Å². The van der Waals surface area contributed by atoms with Gasteiger partial charge >= 0.3 is 5.97 Å². The van der Waals surface area contributed by atoms with Crippen LogP contribution >= 0.6 is 0 Å².